The van der Waals surface area contributed by atoms with Crippen molar-refractivity contribution in [3.8, 4) is 0 Å². The van der Waals surface area contributed by atoms with Gasteiger partial charge in [0.1, 0.15) is 5.82 Å². The van der Waals surface area contributed by atoms with E-state index < -0.39 is 18.8 Å². The minimum absolute atomic E-state index is 0.0281. The zero-order chi connectivity index (χ0) is 11.4. The van der Waals surface area contributed by atoms with Gasteiger partial charge in [0.25, 0.3) is 6.43 Å². The highest BCUT2D eigenvalue weighted by molar-refractivity contribution is 5.54. The Kier molecular flexibility index (Phi) is 3.96. The highest BCUT2D eigenvalue weighted by atomic mass is 19.3. The molecule has 1 N–H and O–H groups in total. The van der Waals surface area contributed by atoms with Crippen molar-refractivity contribution in [2.45, 2.75) is 13.0 Å². The van der Waals surface area contributed by atoms with Crippen LogP contribution in [-0.2, 0) is 6.61 Å². The fourth-order valence-corrected chi connectivity index (χ4v) is 1.41. The first-order valence-electron chi connectivity index (χ1n) is 4.43. The number of anilines is 1. The lowest BCUT2D eigenvalue weighted by Crippen LogP contribution is -2.26. The Morgan fingerprint density at radius 3 is 2.60 bits per heavy atom. The standard InChI is InChI=1S/C10H12F3NO/c1-14(5-9(12)13)10-7(6-15)3-2-4-8(10)11/h2-4,9,15H,5-6H2,1H3. The number of rotatable bonds is 4. The van der Waals surface area contributed by atoms with Crippen LogP contribution in [0, 0.1) is 5.82 Å². The molecule has 84 valence electrons. The first kappa shape index (κ1) is 11.8. The number of hydrogen-bond acceptors (Lipinski definition) is 2. The van der Waals surface area contributed by atoms with Crippen molar-refractivity contribution in [2.75, 3.05) is 18.5 Å². The summed E-state index contributed by atoms with van der Waals surface area (Å²) >= 11 is 0. The fraction of sp³-hybridized carbons (Fsp3) is 0.400. The molecule has 2 nitrogen and oxygen atoms in total. The van der Waals surface area contributed by atoms with Gasteiger partial charge < -0.3 is 10.0 Å². The maximum atomic E-state index is 13.3. The molecule has 0 aromatic heterocycles. The van der Waals surface area contributed by atoms with Gasteiger partial charge in [-0.3, -0.25) is 0 Å². The lowest BCUT2D eigenvalue weighted by atomic mass is 10.1. The molecule has 0 spiro atoms. The average Bonchev–Trinajstić information content (AvgIpc) is 2.15. The van der Waals surface area contributed by atoms with E-state index in [1.165, 1.54) is 25.2 Å². The molecule has 0 fully saturated rings. The maximum Gasteiger partial charge on any atom is 0.255 e. The molecule has 0 radical (unpaired) electrons. The Morgan fingerprint density at radius 1 is 1.40 bits per heavy atom. The van der Waals surface area contributed by atoms with Gasteiger partial charge in [-0.1, -0.05) is 12.1 Å². The lowest BCUT2D eigenvalue weighted by Gasteiger charge is -2.21. The first-order valence-corrected chi connectivity index (χ1v) is 4.43. The minimum Gasteiger partial charge on any atom is -0.392 e. The Bertz CT molecular complexity index is 330. The van der Waals surface area contributed by atoms with Crippen molar-refractivity contribution in [1.82, 2.24) is 0 Å². The quantitative estimate of drug-likeness (QED) is 0.837. The molecule has 0 aliphatic carbocycles. The molecule has 5 heteroatoms. The Labute approximate surface area is 85.9 Å². The summed E-state index contributed by atoms with van der Waals surface area (Å²) in [6, 6.07) is 4.11. The minimum atomic E-state index is -2.54. The summed E-state index contributed by atoms with van der Waals surface area (Å²) in [6.45, 7) is -0.936. The molecule has 0 saturated carbocycles. The molecule has 0 atom stereocenters. The van der Waals surface area contributed by atoms with E-state index in [0.717, 1.165) is 4.90 Å². The second-order valence-electron chi connectivity index (χ2n) is 3.18. The predicted molar refractivity (Wildman–Crippen MR) is 51.6 cm³/mol. The summed E-state index contributed by atoms with van der Waals surface area (Å²) < 4.78 is 37.6. The van der Waals surface area contributed by atoms with Crippen LogP contribution in [-0.4, -0.2) is 25.1 Å². The predicted octanol–water partition coefficient (Wildman–Crippen LogP) is 2.02. The number of halogens is 3. The number of alkyl halides is 2. The van der Waals surface area contributed by atoms with E-state index in [4.69, 9.17) is 5.11 Å². The third-order valence-corrected chi connectivity index (χ3v) is 2.03. The summed E-state index contributed by atoms with van der Waals surface area (Å²) in [5, 5.41) is 8.95. The van der Waals surface area contributed by atoms with E-state index in [9.17, 15) is 13.2 Å². The molecule has 1 aromatic carbocycles. The van der Waals surface area contributed by atoms with Crippen molar-refractivity contribution < 1.29 is 18.3 Å². The van der Waals surface area contributed by atoms with Gasteiger partial charge in [-0.05, 0) is 6.07 Å². The number of aliphatic hydroxyl groups is 1. The van der Waals surface area contributed by atoms with Gasteiger partial charge in [0, 0.05) is 12.6 Å². The van der Waals surface area contributed by atoms with E-state index in [2.05, 4.69) is 0 Å². The zero-order valence-electron chi connectivity index (χ0n) is 8.25. The van der Waals surface area contributed by atoms with Crippen molar-refractivity contribution >= 4 is 5.69 Å². The highest BCUT2D eigenvalue weighted by Gasteiger charge is 2.15. The number of para-hydroxylation sites is 1. The van der Waals surface area contributed by atoms with E-state index in [0.29, 0.717) is 5.56 Å². The molecule has 0 aliphatic rings. The Morgan fingerprint density at radius 2 is 2.07 bits per heavy atom. The van der Waals surface area contributed by atoms with Crippen molar-refractivity contribution in [3.05, 3.63) is 29.6 Å². The van der Waals surface area contributed by atoms with E-state index in [1.54, 1.807) is 0 Å². The van der Waals surface area contributed by atoms with Crippen LogP contribution in [0.3, 0.4) is 0 Å². The summed E-state index contributed by atoms with van der Waals surface area (Å²) in [5.74, 6) is -0.607. The second-order valence-corrected chi connectivity index (χ2v) is 3.18. The molecular weight excluding hydrogens is 207 g/mol. The number of hydrogen-bond donors (Lipinski definition) is 1. The first-order chi connectivity index (χ1) is 7.06. The zero-order valence-corrected chi connectivity index (χ0v) is 8.25. The summed E-state index contributed by atoms with van der Waals surface area (Å²) in [5.41, 5.74) is 0.332. The molecule has 1 aromatic rings. The van der Waals surface area contributed by atoms with Gasteiger partial charge in [0.05, 0.1) is 18.8 Å². The Hall–Kier alpha value is -1.23. The SMILES string of the molecule is CN(CC(F)F)c1c(F)cccc1CO. The third-order valence-electron chi connectivity index (χ3n) is 2.03. The molecule has 0 aliphatic heterocycles. The van der Waals surface area contributed by atoms with Crippen molar-refractivity contribution in [2.24, 2.45) is 0 Å². The largest absolute Gasteiger partial charge is 0.392 e. The van der Waals surface area contributed by atoms with Crippen LogP contribution < -0.4 is 4.90 Å². The van der Waals surface area contributed by atoms with E-state index >= 15 is 0 Å². The highest BCUT2D eigenvalue weighted by Crippen LogP contribution is 2.23. The van der Waals surface area contributed by atoms with Gasteiger partial charge in [-0.15, -0.1) is 0 Å². The van der Waals surface area contributed by atoms with Crippen LogP contribution in [0.5, 0.6) is 0 Å². The maximum absolute atomic E-state index is 13.3. The number of benzene rings is 1. The molecule has 0 saturated heterocycles. The van der Waals surface area contributed by atoms with Crippen molar-refractivity contribution in [1.29, 1.82) is 0 Å². The molecule has 15 heavy (non-hydrogen) atoms. The van der Waals surface area contributed by atoms with Crippen LogP contribution >= 0.6 is 0 Å². The molecule has 0 unspecified atom stereocenters. The second kappa shape index (κ2) is 5.02. The van der Waals surface area contributed by atoms with Crippen LogP contribution in [0.2, 0.25) is 0 Å². The molecule has 0 amide bonds. The van der Waals surface area contributed by atoms with Gasteiger partial charge in [0.2, 0.25) is 0 Å². The Balaban J connectivity index is 3.00. The van der Waals surface area contributed by atoms with Gasteiger partial charge in [-0.25, -0.2) is 13.2 Å². The monoisotopic (exact) mass is 219 g/mol. The number of aliphatic hydroxyl groups excluding tert-OH is 1. The van der Waals surface area contributed by atoms with Crippen LogP contribution in [0.15, 0.2) is 18.2 Å². The molecule has 0 heterocycles. The normalized spacial score (nSPS) is 10.8. The summed E-state index contributed by atoms with van der Waals surface area (Å²) in [4.78, 5) is 1.10. The topological polar surface area (TPSA) is 23.5 Å². The average molecular weight is 219 g/mol. The van der Waals surface area contributed by atoms with Crippen molar-refractivity contribution in [3.63, 3.8) is 0 Å². The smallest absolute Gasteiger partial charge is 0.255 e. The van der Waals surface area contributed by atoms with Gasteiger partial charge >= 0.3 is 0 Å². The van der Waals surface area contributed by atoms with Crippen LogP contribution in [0.25, 0.3) is 0 Å². The summed E-state index contributed by atoms with van der Waals surface area (Å²) in [6.07, 6.45) is -2.54. The molecule has 1 rings (SSSR count). The van der Waals surface area contributed by atoms with E-state index in [1.807, 2.05) is 0 Å². The van der Waals surface area contributed by atoms with Crippen LogP contribution in [0.1, 0.15) is 5.56 Å². The van der Waals surface area contributed by atoms with E-state index in [-0.39, 0.29) is 12.3 Å². The van der Waals surface area contributed by atoms with Crippen LogP contribution in [0.4, 0.5) is 18.9 Å². The lowest BCUT2D eigenvalue weighted by molar-refractivity contribution is 0.156. The van der Waals surface area contributed by atoms with Gasteiger partial charge in [0.15, 0.2) is 0 Å². The molecular formula is C10H12F3NO. The fourth-order valence-electron chi connectivity index (χ4n) is 1.41. The molecule has 0 bridgehead atoms. The number of nitrogens with zero attached hydrogens (tertiary/aromatic N) is 1. The third kappa shape index (κ3) is 2.86. The summed E-state index contributed by atoms with van der Waals surface area (Å²) in [7, 11) is 1.36. The van der Waals surface area contributed by atoms with Gasteiger partial charge in [-0.2, -0.15) is 0 Å².